The van der Waals surface area contributed by atoms with Crippen LogP contribution in [0, 0.1) is 17.5 Å². The van der Waals surface area contributed by atoms with E-state index in [2.05, 4.69) is 5.32 Å². The predicted octanol–water partition coefficient (Wildman–Crippen LogP) is 3.93. The lowest BCUT2D eigenvalue weighted by atomic mass is 10.2. The van der Waals surface area contributed by atoms with Crippen molar-refractivity contribution in [2.24, 2.45) is 0 Å². The number of nitrogens with one attached hydrogen (secondary N) is 1. The van der Waals surface area contributed by atoms with Crippen LogP contribution in [0.15, 0.2) is 77.7 Å². The minimum absolute atomic E-state index is 0.0206. The molecule has 3 aromatic rings. The van der Waals surface area contributed by atoms with Crippen molar-refractivity contribution in [3.05, 3.63) is 95.8 Å². The fraction of sp³-hybridized carbons (Fsp3) is 0.0952. The normalized spacial score (nSPS) is 11.5. The number of hydrogen-bond donors (Lipinski definition) is 1. The molecule has 0 unspecified atom stereocenters. The van der Waals surface area contributed by atoms with Gasteiger partial charge in [-0.25, -0.2) is 21.6 Å². The fourth-order valence-corrected chi connectivity index (χ4v) is 4.13. The summed E-state index contributed by atoms with van der Waals surface area (Å²) >= 11 is 0. The maximum absolute atomic E-state index is 13.8. The van der Waals surface area contributed by atoms with Gasteiger partial charge in [0.2, 0.25) is 15.9 Å². The Bertz CT molecular complexity index is 1140. The first-order chi connectivity index (χ1) is 14.3. The summed E-state index contributed by atoms with van der Waals surface area (Å²) in [6.07, 6.45) is 0. The third-order valence-electron chi connectivity index (χ3n) is 4.21. The van der Waals surface area contributed by atoms with E-state index in [1.54, 1.807) is 48.5 Å². The molecule has 0 aliphatic rings. The average Bonchev–Trinajstić information content (AvgIpc) is 2.75. The molecule has 0 atom stereocenters. The third kappa shape index (κ3) is 4.87. The smallest absolute Gasteiger partial charge is 0.243 e. The Morgan fingerprint density at radius 3 is 2.07 bits per heavy atom. The zero-order valence-electron chi connectivity index (χ0n) is 15.6. The molecule has 0 aliphatic carbocycles. The number of anilines is 1. The second kappa shape index (κ2) is 9.10. The van der Waals surface area contributed by atoms with E-state index in [-0.39, 0.29) is 11.4 Å². The van der Waals surface area contributed by atoms with Gasteiger partial charge >= 0.3 is 0 Å². The van der Waals surface area contributed by atoms with Crippen molar-refractivity contribution in [1.29, 1.82) is 0 Å². The van der Waals surface area contributed by atoms with Gasteiger partial charge < -0.3 is 5.32 Å². The lowest BCUT2D eigenvalue weighted by Crippen LogP contribution is -2.37. The van der Waals surface area contributed by atoms with E-state index in [0.29, 0.717) is 11.6 Å². The van der Waals surface area contributed by atoms with Crippen molar-refractivity contribution in [1.82, 2.24) is 4.31 Å². The fourth-order valence-electron chi connectivity index (χ4n) is 2.73. The molecule has 0 saturated heterocycles. The van der Waals surface area contributed by atoms with Crippen LogP contribution >= 0.6 is 0 Å². The number of sulfonamides is 1. The van der Waals surface area contributed by atoms with Gasteiger partial charge in [-0.15, -0.1) is 0 Å². The predicted molar refractivity (Wildman–Crippen MR) is 105 cm³/mol. The molecule has 1 amide bonds. The Morgan fingerprint density at radius 2 is 1.43 bits per heavy atom. The van der Waals surface area contributed by atoms with Gasteiger partial charge in [0.1, 0.15) is 0 Å². The third-order valence-corrected chi connectivity index (χ3v) is 6.02. The van der Waals surface area contributed by atoms with E-state index in [4.69, 9.17) is 0 Å². The lowest BCUT2D eigenvalue weighted by molar-refractivity contribution is -0.116. The molecule has 3 aromatic carbocycles. The van der Waals surface area contributed by atoms with Crippen LogP contribution in [0.3, 0.4) is 0 Å². The van der Waals surface area contributed by atoms with Gasteiger partial charge in [-0.05, 0) is 29.8 Å². The highest BCUT2D eigenvalue weighted by Gasteiger charge is 2.27. The van der Waals surface area contributed by atoms with E-state index < -0.39 is 45.6 Å². The van der Waals surface area contributed by atoms with Gasteiger partial charge in [0.05, 0.1) is 17.1 Å². The van der Waals surface area contributed by atoms with Crippen LogP contribution in [0.25, 0.3) is 0 Å². The number of hydrogen-bond acceptors (Lipinski definition) is 3. The number of nitrogens with zero attached hydrogens (tertiary/aromatic N) is 1. The van der Waals surface area contributed by atoms with Crippen LogP contribution in [-0.2, 0) is 21.4 Å². The molecule has 5 nitrogen and oxygen atoms in total. The molecule has 0 radical (unpaired) electrons. The monoisotopic (exact) mass is 434 g/mol. The van der Waals surface area contributed by atoms with Gasteiger partial charge in [-0.3, -0.25) is 4.79 Å². The molecule has 0 aliphatic heterocycles. The lowest BCUT2D eigenvalue weighted by Gasteiger charge is -2.22. The van der Waals surface area contributed by atoms with E-state index in [1.165, 1.54) is 12.1 Å². The van der Waals surface area contributed by atoms with Crippen molar-refractivity contribution in [2.45, 2.75) is 11.4 Å². The SMILES string of the molecule is O=C(CN(Cc1ccccc1)S(=O)(=O)c1ccccc1)Nc1ccc(F)c(F)c1F. The van der Waals surface area contributed by atoms with Gasteiger partial charge in [0, 0.05) is 6.54 Å². The molecule has 30 heavy (non-hydrogen) atoms. The standard InChI is InChI=1S/C21H17F3N2O3S/c22-17-11-12-18(21(24)20(17)23)25-19(27)14-26(13-15-7-3-1-4-8-15)30(28,29)16-9-5-2-6-10-16/h1-12H,13-14H2,(H,25,27). The minimum Gasteiger partial charge on any atom is -0.322 e. The van der Waals surface area contributed by atoms with Crippen LogP contribution in [0.5, 0.6) is 0 Å². The van der Waals surface area contributed by atoms with Gasteiger partial charge in [-0.1, -0.05) is 48.5 Å². The van der Waals surface area contributed by atoms with Crippen LogP contribution < -0.4 is 5.32 Å². The summed E-state index contributed by atoms with van der Waals surface area (Å²) in [6, 6.07) is 17.6. The summed E-state index contributed by atoms with van der Waals surface area (Å²) < 4.78 is 67.3. The van der Waals surface area contributed by atoms with Gasteiger partial charge in [0.15, 0.2) is 17.5 Å². The molecule has 9 heteroatoms. The molecule has 0 bridgehead atoms. The second-order valence-corrected chi connectivity index (χ2v) is 8.28. The van der Waals surface area contributed by atoms with Crippen molar-refractivity contribution in [2.75, 3.05) is 11.9 Å². The number of halogens is 3. The summed E-state index contributed by atoms with van der Waals surface area (Å²) in [5, 5.41) is 2.09. The molecular weight excluding hydrogens is 417 g/mol. The first kappa shape index (κ1) is 21.5. The highest BCUT2D eigenvalue weighted by atomic mass is 32.2. The topological polar surface area (TPSA) is 66.5 Å². The Kier molecular flexibility index (Phi) is 6.53. The number of rotatable bonds is 7. The quantitative estimate of drug-likeness (QED) is 0.573. The van der Waals surface area contributed by atoms with Gasteiger partial charge in [-0.2, -0.15) is 4.31 Å². The zero-order chi connectivity index (χ0) is 21.7. The molecule has 1 N–H and O–H groups in total. The van der Waals surface area contributed by atoms with Crippen molar-refractivity contribution in [3.8, 4) is 0 Å². The average molecular weight is 434 g/mol. The Labute approximate surface area is 171 Å². The maximum Gasteiger partial charge on any atom is 0.243 e. The first-order valence-corrected chi connectivity index (χ1v) is 10.3. The van der Waals surface area contributed by atoms with E-state index >= 15 is 0 Å². The highest BCUT2D eigenvalue weighted by Crippen LogP contribution is 2.21. The molecule has 156 valence electrons. The summed E-state index contributed by atoms with van der Waals surface area (Å²) in [6.45, 7) is -0.781. The largest absolute Gasteiger partial charge is 0.322 e. The minimum atomic E-state index is -4.07. The zero-order valence-corrected chi connectivity index (χ0v) is 16.4. The summed E-state index contributed by atoms with van der Waals surface area (Å²) in [5.41, 5.74) is 0.0412. The van der Waals surface area contributed by atoms with Gasteiger partial charge in [0.25, 0.3) is 0 Å². The summed E-state index contributed by atoms with van der Waals surface area (Å²) in [4.78, 5) is 12.4. The second-order valence-electron chi connectivity index (χ2n) is 6.34. The van der Waals surface area contributed by atoms with E-state index in [1.807, 2.05) is 0 Å². The Balaban J connectivity index is 1.87. The van der Waals surface area contributed by atoms with Crippen molar-refractivity contribution >= 4 is 21.6 Å². The number of benzene rings is 3. The first-order valence-electron chi connectivity index (χ1n) is 8.81. The van der Waals surface area contributed by atoms with Crippen LogP contribution in [0.1, 0.15) is 5.56 Å². The summed E-state index contributed by atoms with van der Waals surface area (Å²) in [5.74, 6) is -5.60. The molecule has 0 heterocycles. The van der Waals surface area contributed by atoms with Crippen molar-refractivity contribution in [3.63, 3.8) is 0 Å². The maximum atomic E-state index is 13.8. The van der Waals surface area contributed by atoms with E-state index in [9.17, 15) is 26.4 Å². The number of amides is 1. The Morgan fingerprint density at radius 1 is 0.833 bits per heavy atom. The van der Waals surface area contributed by atoms with Crippen LogP contribution in [0.2, 0.25) is 0 Å². The number of carbonyl (C=O) groups is 1. The molecule has 0 aromatic heterocycles. The molecule has 0 saturated carbocycles. The number of carbonyl (C=O) groups excluding carboxylic acids is 1. The highest BCUT2D eigenvalue weighted by molar-refractivity contribution is 7.89. The molecule has 3 rings (SSSR count). The van der Waals surface area contributed by atoms with Crippen LogP contribution in [0.4, 0.5) is 18.9 Å². The molecular formula is C21H17F3N2O3S. The molecule has 0 fully saturated rings. The van der Waals surface area contributed by atoms with Crippen LogP contribution in [-0.4, -0.2) is 25.2 Å². The molecule has 0 spiro atoms. The Hall–Kier alpha value is -3.17. The van der Waals surface area contributed by atoms with Crippen molar-refractivity contribution < 1.29 is 26.4 Å². The summed E-state index contributed by atoms with van der Waals surface area (Å²) in [7, 11) is -4.07. The van der Waals surface area contributed by atoms with E-state index in [0.717, 1.165) is 10.4 Å².